The van der Waals surface area contributed by atoms with Crippen LogP contribution in [0.5, 0.6) is 0 Å². The van der Waals surface area contributed by atoms with Crippen molar-refractivity contribution in [2.45, 2.75) is 57.0 Å². The number of hydrogen-bond donors (Lipinski definition) is 0. The fraction of sp³-hybridized carbons (Fsp3) is 0.263. The molecule has 5 rings (SSSR count). The van der Waals surface area contributed by atoms with E-state index in [0.717, 1.165) is 26.5 Å². The van der Waals surface area contributed by atoms with E-state index < -0.39 is 33.6 Å². The maximum atomic E-state index is 15.1. The van der Waals surface area contributed by atoms with Gasteiger partial charge < -0.3 is 14.0 Å². The molecule has 1 atom stereocenters. The number of ether oxygens (including phenoxy) is 2. The predicted molar refractivity (Wildman–Crippen MR) is 184 cm³/mol. The minimum atomic E-state index is -4.33. The molecule has 0 bridgehead atoms. The van der Waals surface area contributed by atoms with Crippen molar-refractivity contribution in [2.24, 2.45) is 7.05 Å². The van der Waals surface area contributed by atoms with E-state index in [1.807, 2.05) is 73.1 Å². The summed E-state index contributed by atoms with van der Waals surface area (Å²) in [4.78, 5) is 27.4. The van der Waals surface area contributed by atoms with Gasteiger partial charge in [-0.25, -0.2) is 17.5 Å². The van der Waals surface area contributed by atoms with Gasteiger partial charge in [0.05, 0.1) is 23.1 Å². The molecule has 0 saturated carbocycles. The van der Waals surface area contributed by atoms with Gasteiger partial charge in [-0.1, -0.05) is 84.4 Å². The first kappa shape index (κ1) is 33.5. The van der Waals surface area contributed by atoms with Crippen molar-refractivity contribution in [1.29, 1.82) is 0 Å². The van der Waals surface area contributed by atoms with Crippen molar-refractivity contribution < 1.29 is 27.5 Å². The Morgan fingerprint density at radius 1 is 0.830 bits per heavy atom. The van der Waals surface area contributed by atoms with Crippen LogP contribution in [0.25, 0.3) is 10.9 Å². The van der Waals surface area contributed by atoms with Crippen molar-refractivity contribution >= 4 is 38.7 Å². The fourth-order valence-corrected chi connectivity index (χ4v) is 7.17. The molecule has 0 aliphatic heterocycles. The molecule has 0 aliphatic carbocycles. The van der Waals surface area contributed by atoms with Gasteiger partial charge in [-0.15, -0.1) is 0 Å². The minimum absolute atomic E-state index is 0.0181. The highest BCUT2D eigenvalue weighted by molar-refractivity contribution is 7.93. The van der Waals surface area contributed by atoms with Crippen LogP contribution >= 0.6 is 0 Å². The number of amides is 1. The summed E-state index contributed by atoms with van der Waals surface area (Å²) in [5, 5.41) is 0.834. The first-order valence-corrected chi connectivity index (χ1v) is 17.0. The Balaban J connectivity index is 1.64. The minimum Gasteiger partial charge on any atom is -0.434 e. The first-order chi connectivity index (χ1) is 22.4. The summed E-state index contributed by atoms with van der Waals surface area (Å²) in [6, 6.07) is 32.0. The van der Waals surface area contributed by atoms with Crippen LogP contribution in [0.4, 0.5) is 10.5 Å². The smallest absolute Gasteiger partial charge is 0.434 e. The van der Waals surface area contributed by atoms with Gasteiger partial charge in [-0.3, -0.25) is 4.79 Å². The summed E-state index contributed by atoms with van der Waals surface area (Å²) in [6.07, 6.45) is 0.165. The number of sulfonamides is 1. The molecule has 5 aromatic rings. The Hall–Kier alpha value is -4.89. The van der Waals surface area contributed by atoms with Gasteiger partial charge >= 0.3 is 6.16 Å². The molecule has 4 aromatic carbocycles. The molecule has 0 radical (unpaired) electrons. The number of carbonyl (C=O) groups is 2. The molecule has 0 fully saturated rings. The van der Waals surface area contributed by atoms with Gasteiger partial charge in [0.1, 0.15) is 5.60 Å². The average Bonchev–Trinajstić information content (AvgIpc) is 3.30. The third-order valence-electron chi connectivity index (χ3n) is 7.86. The normalized spacial score (nSPS) is 12.4. The summed E-state index contributed by atoms with van der Waals surface area (Å²) < 4.78 is 42.4. The highest BCUT2D eigenvalue weighted by Gasteiger charge is 2.39. The number of aryl methyl sites for hydroxylation is 2. The lowest BCUT2D eigenvalue weighted by molar-refractivity contribution is -0.118. The molecular formula is C38H40N2O6S. The molecule has 1 amide bonds. The van der Waals surface area contributed by atoms with Crippen LogP contribution in [0, 0.1) is 6.92 Å². The molecule has 8 nitrogen and oxygen atoms in total. The largest absolute Gasteiger partial charge is 0.508 e. The number of nitrogens with zero attached hydrogens (tertiary/aromatic N) is 2. The number of benzene rings is 4. The topological polar surface area (TPSA) is 94.9 Å². The summed E-state index contributed by atoms with van der Waals surface area (Å²) in [5.41, 5.74) is 3.56. The number of anilines is 1. The number of carbonyl (C=O) groups excluding carboxylic acids is 2. The second kappa shape index (κ2) is 13.8. The zero-order chi connectivity index (χ0) is 33.8. The molecule has 1 aromatic heterocycles. The van der Waals surface area contributed by atoms with Crippen LogP contribution in [0.2, 0.25) is 0 Å². The molecule has 1 heterocycles. The Labute approximate surface area is 276 Å². The van der Waals surface area contributed by atoms with Gasteiger partial charge in [0.2, 0.25) is 0 Å². The van der Waals surface area contributed by atoms with E-state index in [0.29, 0.717) is 24.0 Å². The molecule has 9 heteroatoms. The number of aromatic nitrogens is 1. The Morgan fingerprint density at radius 3 is 2.06 bits per heavy atom. The van der Waals surface area contributed by atoms with Crippen molar-refractivity contribution in [3.63, 3.8) is 0 Å². The highest BCUT2D eigenvalue weighted by Crippen LogP contribution is 2.39. The molecule has 0 N–H and O–H groups in total. The van der Waals surface area contributed by atoms with Crippen LogP contribution in [0.1, 0.15) is 55.5 Å². The van der Waals surface area contributed by atoms with Gasteiger partial charge in [0, 0.05) is 23.6 Å². The standard InChI is InChI=1S/C38H40N2O6S/c1-27-22-24-30(25-23-27)47(43,44)40(29-17-10-7-11-18-29)36(41)34(28-15-8-6-9-16-28)35-31-19-12-13-20-32(31)39(5)33(35)21-14-26-45-37(42)46-38(2,3)4/h6-13,15-20,22-25,34H,14,21,26H2,1-5H3. The van der Waals surface area contributed by atoms with E-state index in [1.54, 1.807) is 63.2 Å². The van der Waals surface area contributed by atoms with Crippen LogP contribution in [0.3, 0.4) is 0 Å². The lowest BCUT2D eigenvalue weighted by atomic mass is 9.87. The summed E-state index contributed by atoms with van der Waals surface area (Å²) >= 11 is 0. The molecule has 0 spiro atoms. The predicted octanol–water partition coefficient (Wildman–Crippen LogP) is 7.93. The van der Waals surface area contributed by atoms with E-state index in [9.17, 15) is 13.2 Å². The zero-order valence-corrected chi connectivity index (χ0v) is 28.2. The van der Waals surface area contributed by atoms with Crippen LogP contribution < -0.4 is 4.31 Å². The third-order valence-corrected chi connectivity index (χ3v) is 9.60. The van der Waals surface area contributed by atoms with E-state index in [4.69, 9.17) is 9.47 Å². The summed E-state index contributed by atoms with van der Waals surface area (Å²) in [7, 11) is -2.40. The maximum Gasteiger partial charge on any atom is 0.508 e. The molecule has 1 unspecified atom stereocenters. The number of fused-ring (bicyclic) bond motifs is 1. The van der Waals surface area contributed by atoms with Crippen LogP contribution in [0.15, 0.2) is 114 Å². The van der Waals surface area contributed by atoms with Gasteiger partial charge in [-0.05, 0) is 82.0 Å². The lowest BCUT2D eigenvalue weighted by Crippen LogP contribution is -2.40. The van der Waals surface area contributed by atoms with Crippen LogP contribution in [-0.2, 0) is 37.8 Å². The van der Waals surface area contributed by atoms with Crippen molar-refractivity contribution in [1.82, 2.24) is 4.57 Å². The monoisotopic (exact) mass is 652 g/mol. The number of rotatable bonds is 10. The molecule has 0 aliphatic rings. The second-order valence-corrected chi connectivity index (χ2v) is 14.2. The first-order valence-electron chi connectivity index (χ1n) is 15.6. The summed E-state index contributed by atoms with van der Waals surface area (Å²) in [6.45, 7) is 7.30. The van der Waals surface area contributed by atoms with Gasteiger partial charge in [0.15, 0.2) is 0 Å². The Morgan fingerprint density at radius 2 is 1.43 bits per heavy atom. The van der Waals surface area contributed by atoms with Gasteiger partial charge in [-0.2, -0.15) is 0 Å². The Bertz CT molecular complexity index is 1960. The lowest BCUT2D eigenvalue weighted by Gasteiger charge is -2.28. The van der Waals surface area contributed by atoms with E-state index in [-0.39, 0.29) is 17.2 Å². The second-order valence-electron chi connectivity index (χ2n) is 12.5. The number of para-hydroxylation sites is 2. The Kier molecular flexibility index (Phi) is 9.86. The summed E-state index contributed by atoms with van der Waals surface area (Å²) in [5.74, 6) is -1.59. The molecule has 0 saturated heterocycles. The van der Waals surface area contributed by atoms with Gasteiger partial charge in [0.25, 0.3) is 15.9 Å². The van der Waals surface area contributed by atoms with E-state index in [1.165, 1.54) is 12.1 Å². The quantitative estimate of drug-likeness (QED) is 0.112. The van der Waals surface area contributed by atoms with Crippen LogP contribution in [-0.4, -0.2) is 37.3 Å². The molecular weight excluding hydrogens is 612 g/mol. The van der Waals surface area contributed by atoms with Crippen molar-refractivity contribution in [3.05, 3.63) is 132 Å². The zero-order valence-electron chi connectivity index (χ0n) is 27.3. The maximum absolute atomic E-state index is 15.1. The van der Waals surface area contributed by atoms with E-state index in [2.05, 4.69) is 0 Å². The number of hydrogen-bond acceptors (Lipinski definition) is 6. The molecule has 47 heavy (non-hydrogen) atoms. The SMILES string of the molecule is Cc1ccc(S(=O)(=O)N(C(=O)C(c2ccccc2)c2c(CCCOC(=O)OC(C)(C)C)n(C)c3ccccc23)c2ccccc2)cc1. The fourth-order valence-electron chi connectivity index (χ4n) is 5.73. The van der Waals surface area contributed by atoms with E-state index >= 15 is 4.79 Å². The van der Waals surface area contributed by atoms with Crippen molar-refractivity contribution in [3.8, 4) is 0 Å². The van der Waals surface area contributed by atoms with Crippen molar-refractivity contribution in [2.75, 3.05) is 10.9 Å². The third kappa shape index (κ3) is 7.41. The average molecular weight is 653 g/mol. The highest BCUT2D eigenvalue weighted by atomic mass is 32.2. The molecule has 244 valence electrons.